The molecule has 0 amide bonds. The summed E-state index contributed by atoms with van der Waals surface area (Å²) < 4.78 is 0. The van der Waals surface area contributed by atoms with Gasteiger partial charge in [-0.05, 0) is 32.8 Å². The van der Waals surface area contributed by atoms with Crippen LogP contribution in [0, 0.1) is 0 Å². The first-order valence-electron chi connectivity index (χ1n) is 6.66. The predicted molar refractivity (Wildman–Crippen MR) is 79.9 cm³/mol. The molecule has 1 atom stereocenters. The molecule has 17 heavy (non-hydrogen) atoms. The van der Waals surface area contributed by atoms with Crippen molar-refractivity contribution >= 4 is 11.8 Å². The Morgan fingerprint density at radius 2 is 2.18 bits per heavy atom. The van der Waals surface area contributed by atoms with E-state index in [-0.39, 0.29) is 5.54 Å². The van der Waals surface area contributed by atoms with Crippen LogP contribution in [0.25, 0.3) is 0 Å². The van der Waals surface area contributed by atoms with Crippen LogP contribution >= 0.6 is 11.8 Å². The van der Waals surface area contributed by atoms with Gasteiger partial charge in [-0.1, -0.05) is 13.5 Å². The quantitative estimate of drug-likeness (QED) is 0.762. The highest BCUT2D eigenvalue weighted by Crippen LogP contribution is 2.21. The number of thioether (sulfide) groups is 1. The second-order valence-electron chi connectivity index (χ2n) is 5.99. The topological polar surface area (TPSA) is 15.3 Å². The molecule has 0 saturated carbocycles. The van der Waals surface area contributed by atoms with Crippen LogP contribution in [-0.4, -0.2) is 47.6 Å². The lowest BCUT2D eigenvalue weighted by Gasteiger charge is -2.32. The molecule has 1 heterocycles. The van der Waals surface area contributed by atoms with Gasteiger partial charge >= 0.3 is 0 Å². The van der Waals surface area contributed by atoms with Crippen molar-refractivity contribution in [3.63, 3.8) is 0 Å². The van der Waals surface area contributed by atoms with Gasteiger partial charge in [-0.2, -0.15) is 11.8 Å². The third-order valence-electron chi connectivity index (χ3n) is 2.99. The molecule has 0 aliphatic carbocycles. The molecule has 0 bridgehead atoms. The van der Waals surface area contributed by atoms with E-state index in [1.807, 2.05) is 0 Å². The Labute approximate surface area is 111 Å². The fourth-order valence-electron chi connectivity index (χ4n) is 1.93. The first kappa shape index (κ1) is 15.1. The van der Waals surface area contributed by atoms with Crippen molar-refractivity contribution in [3.05, 3.63) is 12.2 Å². The van der Waals surface area contributed by atoms with Gasteiger partial charge < -0.3 is 5.32 Å². The minimum absolute atomic E-state index is 0.187. The summed E-state index contributed by atoms with van der Waals surface area (Å²) in [6.07, 6.45) is 1.29. The highest BCUT2D eigenvalue weighted by atomic mass is 32.2. The maximum absolute atomic E-state index is 4.19. The molecule has 0 aromatic carbocycles. The van der Waals surface area contributed by atoms with E-state index in [0.29, 0.717) is 0 Å². The third kappa shape index (κ3) is 6.49. The summed E-state index contributed by atoms with van der Waals surface area (Å²) in [5.41, 5.74) is 1.49. The molecular weight excluding hydrogens is 228 g/mol. The minimum atomic E-state index is 0.187. The average Bonchev–Trinajstić information content (AvgIpc) is 2.26. The first-order valence-corrected chi connectivity index (χ1v) is 7.71. The highest BCUT2D eigenvalue weighted by Gasteiger charge is 2.19. The summed E-state index contributed by atoms with van der Waals surface area (Å²) in [5, 5.41) is 4.33. The molecule has 1 aliphatic heterocycles. The van der Waals surface area contributed by atoms with E-state index in [1.54, 1.807) is 0 Å². The number of nitrogens with one attached hydrogen (secondary N) is 1. The molecule has 0 spiro atoms. The van der Waals surface area contributed by atoms with E-state index in [4.69, 9.17) is 0 Å². The number of nitrogens with zero attached hydrogens (tertiary/aromatic N) is 1. The van der Waals surface area contributed by atoms with Crippen LogP contribution in [0.15, 0.2) is 12.2 Å². The second-order valence-corrected chi connectivity index (χ2v) is 7.40. The summed E-state index contributed by atoms with van der Waals surface area (Å²) in [6.45, 7) is 17.5. The van der Waals surface area contributed by atoms with Gasteiger partial charge in [0.25, 0.3) is 0 Å². The largest absolute Gasteiger partial charge is 0.308 e. The van der Waals surface area contributed by atoms with E-state index >= 15 is 0 Å². The van der Waals surface area contributed by atoms with Gasteiger partial charge in [-0.3, -0.25) is 4.90 Å². The molecule has 1 saturated heterocycles. The Bertz CT molecular complexity index is 245. The van der Waals surface area contributed by atoms with E-state index < -0.39 is 0 Å². The summed E-state index contributed by atoms with van der Waals surface area (Å²) in [4.78, 5) is 2.55. The van der Waals surface area contributed by atoms with Crippen molar-refractivity contribution in [2.45, 2.75) is 44.9 Å². The Kier molecular flexibility index (Phi) is 6.04. The van der Waals surface area contributed by atoms with Gasteiger partial charge in [0.1, 0.15) is 0 Å². The summed E-state index contributed by atoms with van der Waals surface area (Å²) in [7, 11) is 0. The van der Waals surface area contributed by atoms with Gasteiger partial charge in [0.15, 0.2) is 0 Å². The molecule has 1 rings (SSSR count). The first-order chi connectivity index (χ1) is 7.90. The summed E-state index contributed by atoms with van der Waals surface area (Å²) >= 11 is 2.12. The third-order valence-corrected chi connectivity index (χ3v) is 4.37. The zero-order valence-electron chi connectivity index (χ0n) is 11.9. The van der Waals surface area contributed by atoms with Crippen molar-refractivity contribution in [2.24, 2.45) is 0 Å². The maximum atomic E-state index is 4.19. The molecule has 1 unspecified atom stereocenters. The predicted octanol–water partition coefficient (Wildman–Crippen LogP) is 2.76. The molecule has 1 aliphatic rings. The Morgan fingerprint density at radius 1 is 1.47 bits per heavy atom. The van der Waals surface area contributed by atoms with E-state index in [0.717, 1.165) is 18.3 Å². The fraction of sp³-hybridized carbons (Fsp3) is 0.857. The van der Waals surface area contributed by atoms with Crippen LogP contribution in [0.2, 0.25) is 0 Å². The monoisotopic (exact) mass is 256 g/mol. The highest BCUT2D eigenvalue weighted by molar-refractivity contribution is 8.00. The van der Waals surface area contributed by atoms with Crippen LogP contribution in [0.1, 0.15) is 34.1 Å². The van der Waals surface area contributed by atoms with Crippen LogP contribution < -0.4 is 5.32 Å². The van der Waals surface area contributed by atoms with E-state index in [1.165, 1.54) is 30.8 Å². The smallest absolute Gasteiger partial charge is 0.0203 e. The van der Waals surface area contributed by atoms with Crippen molar-refractivity contribution in [2.75, 3.05) is 31.9 Å². The Hall–Kier alpha value is 0.0100. The van der Waals surface area contributed by atoms with Crippen LogP contribution in [0.4, 0.5) is 0 Å². The van der Waals surface area contributed by atoms with Crippen molar-refractivity contribution < 1.29 is 0 Å². The molecule has 0 radical (unpaired) electrons. The van der Waals surface area contributed by atoms with E-state index in [2.05, 4.69) is 56.3 Å². The van der Waals surface area contributed by atoms with Crippen molar-refractivity contribution in [1.82, 2.24) is 10.2 Å². The normalized spacial score (nSPS) is 22.7. The molecule has 0 aromatic rings. The fourth-order valence-corrected chi connectivity index (χ4v) is 3.18. The number of hydrogen-bond acceptors (Lipinski definition) is 3. The Morgan fingerprint density at radius 3 is 2.76 bits per heavy atom. The van der Waals surface area contributed by atoms with Crippen LogP contribution in [-0.2, 0) is 0 Å². The standard InChI is InChI=1S/C14H28N2S/c1-6-13-11-16(7-8-17-13)10-12(2)9-15-14(3,4)5/h13,15H,2,6-11H2,1,3-5H3. The van der Waals surface area contributed by atoms with Gasteiger partial charge in [0.05, 0.1) is 0 Å². The summed E-state index contributed by atoms with van der Waals surface area (Å²) in [6, 6.07) is 0. The SMILES string of the molecule is C=C(CNC(C)(C)C)CN1CCSC(CC)C1. The van der Waals surface area contributed by atoms with Crippen LogP contribution in [0.5, 0.6) is 0 Å². The van der Waals surface area contributed by atoms with Gasteiger partial charge in [0, 0.05) is 42.7 Å². The van der Waals surface area contributed by atoms with Crippen molar-refractivity contribution in [1.29, 1.82) is 0 Å². The molecule has 1 N–H and O–H groups in total. The second kappa shape index (κ2) is 6.81. The van der Waals surface area contributed by atoms with E-state index in [9.17, 15) is 0 Å². The molecule has 100 valence electrons. The molecule has 1 fully saturated rings. The lowest BCUT2D eigenvalue weighted by molar-refractivity contribution is 0.299. The molecule has 2 nitrogen and oxygen atoms in total. The Balaban J connectivity index is 2.26. The lowest BCUT2D eigenvalue weighted by Crippen LogP contribution is -2.42. The zero-order valence-corrected chi connectivity index (χ0v) is 12.7. The average molecular weight is 256 g/mol. The van der Waals surface area contributed by atoms with Gasteiger partial charge in [-0.25, -0.2) is 0 Å². The van der Waals surface area contributed by atoms with Gasteiger partial charge in [0.2, 0.25) is 0 Å². The van der Waals surface area contributed by atoms with Gasteiger partial charge in [-0.15, -0.1) is 0 Å². The number of rotatable bonds is 5. The molecular formula is C14H28N2S. The number of hydrogen-bond donors (Lipinski definition) is 1. The zero-order chi connectivity index (χ0) is 12.9. The van der Waals surface area contributed by atoms with Crippen LogP contribution in [0.3, 0.4) is 0 Å². The maximum Gasteiger partial charge on any atom is 0.0203 e. The molecule has 0 aromatic heterocycles. The molecule has 3 heteroatoms. The minimum Gasteiger partial charge on any atom is -0.308 e. The lowest BCUT2D eigenvalue weighted by atomic mass is 10.1. The summed E-state index contributed by atoms with van der Waals surface area (Å²) in [5.74, 6) is 1.28. The van der Waals surface area contributed by atoms with Crippen molar-refractivity contribution in [3.8, 4) is 0 Å².